The van der Waals surface area contributed by atoms with Gasteiger partial charge in [0.1, 0.15) is 11.5 Å². The lowest BCUT2D eigenvalue weighted by atomic mass is 10.2. The summed E-state index contributed by atoms with van der Waals surface area (Å²) in [6.45, 7) is 1.99. The summed E-state index contributed by atoms with van der Waals surface area (Å²) in [6, 6.07) is 17.4. The van der Waals surface area contributed by atoms with E-state index in [0.717, 1.165) is 35.3 Å². The summed E-state index contributed by atoms with van der Waals surface area (Å²) in [4.78, 5) is 19.3. The molecule has 2 aliphatic rings. The molecule has 0 atom stereocenters. The van der Waals surface area contributed by atoms with E-state index < -0.39 is 0 Å². The summed E-state index contributed by atoms with van der Waals surface area (Å²) in [7, 11) is 0. The van der Waals surface area contributed by atoms with E-state index in [0.29, 0.717) is 4.91 Å². The summed E-state index contributed by atoms with van der Waals surface area (Å²) >= 11 is 1.47. The Morgan fingerprint density at radius 3 is 2.56 bits per heavy atom. The standard InChI is InChI=1S/C20H18N2O2S/c23-19-18(25-20(21-19)22-11-4-5-12-22)14-15-7-6-10-17(13-15)24-16-8-2-1-3-9-16/h1-3,6-10,13-14H,4-5,11-12H2/b18-14-. The number of hydrogen-bond acceptors (Lipinski definition) is 4. The highest BCUT2D eigenvalue weighted by molar-refractivity contribution is 8.18. The Kier molecular flexibility index (Phi) is 4.57. The van der Waals surface area contributed by atoms with E-state index in [9.17, 15) is 4.79 Å². The number of carbonyl (C=O) groups is 1. The summed E-state index contributed by atoms with van der Waals surface area (Å²) in [5.41, 5.74) is 0.933. The van der Waals surface area contributed by atoms with Crippen molar-refractivity contribution in [2.24, 2.45) is 4.99 Å². The first-order valence-corrected chi connectivity index (χ1v) is 9.20. The lowest BCUT2D eigenvalue weighted by Crippen LogP contribution is -2.23. The molecule has 0 aliphatic carbocycles. The zero-order valence-electron chi connectivity index (χ0n) is 13.7. The van der Waals surface area contributed by atoms with E-state index in [1.54, 1.807) is 0 Å². The third kappa shape index (κ3) is 3.77. The average Bonchev–Trinajstić information content (AvgIpc) is 3.27. The monoisotopic (exact) mass is 350 g/mol. The number of amidine groups is 1. The van der Waals surface area contributed by atoms with Crippen LogP contribution in [0.2, 0.25) is 0 Å². The van der Waals surface area contributed by atoms with Crippen molar-refractivity contribution < 1.29 is 9.53 Å². The molecule has 0 unspecified atom stereocenters. The Balaban J connectivity index is 1.50. The van der Waals surface area contributed by atoms with Crippen molar-refractivity contribution >= 4 is 28.9 Å². The lowest BCUT2D eigenvalue weighted by Gasteiger charge is -2.14. The van der Waals surface area contributed by atoms with E-state index in [-0.39, 0.29) is 5.91 Å². The first kappa shape index (κ1) is 16.0. The molecule has 2 heterocycles. The quantitative estimate of drug-likeness (QED) is 0.762. The van der Waals surface area contributed by atoms with Gasteiger partial charge in [-0.2, -0.15) is 4.99 Å². The van der Waals surface area contributed by atoms with Crippen LogP contribution in [0.4, 0.5) is 0 Å². The maximum atomic E-state index is 12.2. The van der Waals surface area contributed by atoms with E-state index in [4.69, 9.17) is 4.74 Å². The van der Waals surface area contributed by atoms with Crippen molar-refractivity contribution in [3.63, 3.8) is 0 Å². The normalized spacial score (nSPS) is 18.7. The zero-order chi connectivity index (χ0) is 17.1. The molecule has 2 aliphatic heterocycles. The number of hydrogen-bond donors (Lipinski definition) is 0. The molecule has 0 N–H and O–H groups in total. The van der Waals surface area contributed by atoms with Gasteiger partial charge in [-0.1, -0.05) is 30.3 Å². The molecule has 0 bridgehead atoms. The molecular weight excluding hydrogens is 332 g/mol. The second-order valence-electron chi connectivity index (χ2n) is 5.99. The molecule has 5 heteroatoms. The molecule has 2 aromatic rings. The summed E-state index contributed by atoms with van der Waals surface area (Å²) in [6.07, 6.45) is 4.23. The van der Waals surface area contributed by atoms with Crippen LogP contribution in [0, 0.1) is 0 Å². The van der Waals surface area contributed by atoms with E-state index in [2.05, 4.69) is 9.89 Å². The van der Waals surface area contributed by atoms with Crippen molar-refractivity contribution in [1.29, 1.82) is 0 Å². The molecule has 0 saturated carbocycles. The number of para-hydroxylation sites is 1. The minimum Gasteiger partial charge on any atom is -0.457 e. The van der Waals surface area contributed by atoms with Gasteiger partial charge in [0.15, 0.2) is 5.17 Å². The second-order valence-corrected chi connectivity index (χ2v) is 7.00. The minimum atomic E-state index is -0.152. The molecule has 0 aromatic heterocycles. The van der Waals surface area contributed by atoms with Gasteiger partial charge in [0.2, 0.25) is 0 Å². The van der Waals surface area contributed by atoms with Crippen molar-refractivity contribution in [2.45, 2.75) is 12.8 Å². The summed E-state index contributed by atoms with van der Waals surface area (Å²) in [5.74, 6) is 1.39. The summed E-state index contributed by atoms with van der Waals surface area (Å²) in [5, 5.41) is 0.838. The molecule has 4 rings (SSSR count). The SMILES string of the molecule is O=C1N=C(N2CCCC2)S/C1=C\c1cccc(Oc2ccccc2)c1. The highest BCUT2D eigenvalue weighted by Crippen LogP contribution is 2.32. The fourth-order valence-electron chi connectivity index (χ4n) is 2.89. The van der Waals surface area contributed by atoms with Gasteiger partial charge in [-0.05, 0) is 60.5 Å². The van der Waals surface area contributed by atoms with Crippen LogP contribution in [0.5, 0.6) is 11.5 Å². The largest absolute Gasteiger partial charge is 0.457 e. The van der Waals surface area contributed by atoms with Crippen molar-refractivity contribution in [3.8, 4) is 11.5 Å². The number of likely N-dealkylation sites (tertiary alicyclic amines) is 1. The predicted octanol–water partition coefficient (Wildman–Crippen LogP) is 4.55. The van der Waals surface area contributed by atoms with Crippen molar-refractivity contribution in [2.75, 3.05) is 13.1 Å². The second kappa shape index (κ2) is 7.15. The molecule has 0 spiro atoms. The maximum Gasteiger partial charge on any atom is 0.286 e. The number of nitrogens with zero attached hydrogens (tertiary/aromatic N) is 2. The van der Waals surface area contributed by atoms with Crippen LogP contribution in [0.3, 0.4) is 0 Å². The van der Waals surface area contributed by atoms with Gasteiger partial charge in [0.25, 0.3) is 5.91 Å². The first-order chi connectivity index (χ1) is 12.3. The Labute approximate surface area is 151 Å². The molecule has 1 fully saturated rings. The number of carbonyl (C=O) groups excluding carboxylic acids is 1. The molecule has 126 valence electrons. The third-order valence-corrected chi connectivity index (χ3v) is 5.17. The third-order valence-electron chi connectivity index (χ3n) is 4.12. The molecule has 1 saturated heterocycles. The van der Waals surface area contributed by atoms with E-state index >= 15 is 0 Å². The molecular formula is C20H18N2O2S. The average molecular weight is 350 g/mol. The van der Waals surface area contributed by atoms with Gasteiger partial charge in [0, 0.05) is 13.1 Å². The molecule has 25 heavy (non-hydrogen) atoms. The molecule has 1 amide bonds. The number of thioether (sulfide) groups is 1. The Hall–Kier alpha value is -2.53. The van der Waals surface area contributed by atoms with Crippen LogP contribution in [-0.4, -0.2) is 29.1 Å². The minimum absolute atomic E-state index is 0.152. The van der Waals surface area contributed by atoms with E-state index in [1.165, 1.54) is 24.6 Å². The maximum absolute atomic E-state index is 12.2. The van der Waals surface area contributed by atoms with Gasteiger partial charge in [0.05, 0.1) is 4.91 Å². The van der Waals surface area contributed by atoms with Gasteiger partial charge in [-0.3, -0.25) is 4.79 Å². The fraction of sp³-hybridized carbons (Fsp3) is 0.200. The highest BCUT2D eigenvalue weighted by atomic mass is 32.2. The Morgan fingerprint density at radius 2 is 1.76 bits per heavy atom. The predicted molar refractivity (Wildman–Crippen MR) is 102 cm³/mol. The topological polar surface area (TPSA) is 41.9 Å². The number of aliphatic imine (C=N–C) groups is 1. The van der Waals surface area contributed by atoms with Gasteiger partial charge in [-0.15, -0.1) is 0 Å². The van der Waals surface area contributed by atoms with Crippen LogP contribution in [0.15, 0.2) is 64.5 Å². The molecule has 2 aromatic carbocycles. The van der Waals surface area contributed by atoms with Crippen LogP contribution in [0.25, 0.3) is 6.08 Å². The van der Waals surface area contributed by atoms with Crippen LogP contribution in [0.1, 0.15) is 18.4 Å². The first-order valence-electron chi connectivity index (χ1n) is 8.38. The zero-order valence-corrected chi connectivity index (χ0v) is 14.5. The smallest absolute Gasteiger partial charge is 0.286 e. The van der Waals surface area contributed by atoms with Crippen molar-refractivity contribution in [3.05, 3.63) is 65.1 Å². The Bertz CT molecular complexity index is 840. The van der Waals surface area contributed by atoms with Crippen molar-refractivity contribution in [1.82, 2.24) is 4.90 Å². The van der Waals surface area contributed by atoms with Gasteiger partial charge < -0.3 is 9.64 Å². The highest BCUT2D eigenvalue weighted by Gasteiger charge is 2.27. The lowest BCUT2D eigenvalue weighted by molar-refractivity contribution is -0.113. The fourth-order valence-corrected chi connectivity index (χ4v) is 3.85. The number of ether oxygens (including phenoxy) is 1. The molecule has 4 nitrogen and oxygen atoms in total. The number of benzene rings is 2. The summed E-state index contributed by atoms with van der Waals surface area (Å²) < 4.78 is 5.85. The van der Waals surface area contributed by atoms with E-state index in [1.807, 2.05) is 60.7 Å². The van der Waals surface area contributed by atoms with Crippen LogP contribution in [-0.2, 0) is 4.79 Å². The van der Waals surface area contributed by atoms with Gasteiger partial charge >= 0.3 is 0 Å². The van der Waals surface area contributed by atoms with Gasteiger partial charge in [-0.25, -0.2) is 0 Å². The number of amides is 1. The number of rotatable bonds is 3. The van der Waals surface area contributed by atoms with Crippen LogP contribution >= 0.6 is 11.8 Å². The van der Waals surface area contributed by atoms with Crippen LogP contribution < -0.4 is 4.74 Å². The Morgan fingerprint density at radius 1 is 1.00 bits per heavy atom. The molecule has 0 radical (unpaired) electrons.